The molecule has 0 aliphatic carbocycles. The van der Waals surface area contributed by atoms with Gasteiger partial charge in [0, 0.05) is 43.8 Å². The molecule has 0 radical (unpaired) electrons. The molecule has 2 heterocycles. The van der Waals surface area contributed by atoms with Gasteiger partial charge in [0.25, 0.3) is 0 Å². The molecule has 0 aliphatic rings. The summed E-state index contributed by atoms with van der Waals surface area (Å²) in [7, 11) is 0. The van der Waals surface area contributed by atoms with Crippen molar-refractivity contribution in [1.82, 2.24) is 15.3 Å². The number of pyridine rings is 2. The van der Waals surface area contributed by atoms with Gasteiger partial charge in [-0.3, -0.25) is 4.98 Å². The minimum atomic E-state index is 0.854. The van der Waals surface area contributed by atoms with Gasteiger partial charge in [0.2, 0.25) is 0 Å². The second-order valence-electron chi connectivity index (χ2n) is 4.64. The maximum Gasteiger partial charge on any atom is 0.133 e. The zero-order valence-corrected chi connectivity index (χ0v) is 12.2. The van der Waals surface area contributed by atoms with E-state index >= 15 is 0 Å². The smallest absolute Gasteiger partial charge is 0.133 e. The molecule has 0 aromatic carbocycles. The maximum absolute atomic E-state index is 4.57. The van der Waals surface area contributed by atoms with Gasteiger partial charge in [-0.15, -0.1) is 0 Å². The summed E-state index contributed by atoms with van der Waals surface area (Å²) in [5.41, 5.74) is 2.49. The Bertz CT molecular complexity index is 513. The van der Waals surface area contributed by atoms with Gasteiger partial charge in [-0.25, -0.2) is 4.98 Å². The second-order valence-corrected chi connectivity index (χ2v) is 4.64. The quantitative estimate of drug-likeness (QED) is 0.839. The Balaban J connectivity index is 2.18. The fourth-order valence-electron chi connectivity index (χ4n) is 2.16. The van der Waals surface area contributed by atoms with E-state index in [1.54, 1.807) is 0 Å². The van der Waals surface area contributed by atoms with Crippen molar-refractivity contribution in [2.45, 2.75) is 26.9 Å². The van der Waals surface area contributed by atoms with Crippen molar-refractivity contribution in [2.75, 3.05) is 18.0 Å². The molecule has 2 rings (SSSR count). The lowest BCUT2D eigenvalue weighted by Gasteiger charge is -2.24. The molecule has 0 saturated carbocycles. The van der Waals surface area contributed by atoms with Crippen LogP contribution in [0.25, 0.3) is 0 Å². The second kappa shape index (κ2) is 7.60. The first-order chi connectivity index (χ1) is 9.85. The van der Waals surface area contributed by atoms with Gasteiger partial charge in [-0.05, 0) is 37.2 Å². The van der Waals surface area contributed by atoms with E-state index in [4.69, 9.17) is 0 Å². The molecule has 0 fully saturated rings. The summed E-state index contributed by atoms with van der Waals surface area (Å²) in [4.78, 5) is 10.9. The number of nitrogens with one attached hydrogen (secondary N) is 1. The van der Waals surface area contributed by atoms with E-state index in [-0.39, 0.29) is 0 Å². The van der Waals surface area contributed by atoms with Crippen LogP contribution in [0.4, 0.5) is 5.82 Å². The Morgan fingerprint density at radius 3 is 2.60 bits per heavy atom. The lowest BCUT2D eigenvalue weighted by molar-refractivity contribution is 0.713. The Hall–Kier alpha value is -1.94. The van der Waals surface area contributed by atoms with Crippen LogP contribution in [0, 0.1) is 0 Å². The third-order valence-corrected chi connectivity index (χ3v) is 3.24. The summed E-state index contributed by atoms with van der Waals surface area (Å²) in [6, 6.07) is 8.24. The van der Waals surface area contributed by atoms with E-state index < -0.39 is 0 Å². The van der Waals surface area contributed by atoms with Crippen LogP contribution in [0.15, 0.2) is 42.9 Å². The lowest BCUT2D eigenvalue weighted by atomic mass is 10.2. The zero-order chi connectivity index (χ0) is 14.2. The molecule has 2 aromatic rings. The van der Waals surface area contributed by atoms with Crippen LogP contribution < -0.4 is 10.2 Å². The Kier molecular flexibility index (Phi) is 5.50. The highest BCUT2D eigenvalue weighted by Gasteiger charge is 2.11. The van der Waals surface area contributed by atoms with E-state index in [0.29, 0.717) is 0 Å². The molecule has 4 nitrogen and oxygen atoms in total. The van der Waals surface area contributed by atoms with E-state index in [0.717, 1.165) is 32.0 Å². The molecule has 4 heteroatoms. The summed E-state index contributed by atoms with van der Waals surface area (Å²) >= 11 is 0. The van der Waals surface area contributed by atoms with Crippen molar-refractivity contribution in [2.24, 2.45) is 0 Å². The number of hydrogen-bond acceptors (Lipinski definition) is 4. The average Bonchev–Trinajstić information content (AvgIpc) is 2.52. The fourth-order valence-corrected chi connectivity index (χ4v) is 2.16. The fraction of sp³-hybridized carbons (Fsp3) is 0.375. The van der Waals surface area contributed by atoms with Gasteiger partial charge in [-0.1, -0.05) is 13.0 Å². The molecule has 0 saturated heterocycles. The van der Waals surface area contributed by atoms with Crippen LogP contribution in [0.2, 0.25) is 0 Å². The molecule has 0 aliphatic heterocycles. The number of hydrogen-bond donors (Lipinski definition) is 1. The number of nitrogens with zero attached hydrogens (tertiary/aromatic N) is 3. The van der Waals surface area contributed by atoms with E-state index in [1.165, 1.54) is 11.1 Å². The lowest BCUT2D eigenvalue weighted by Crippen LogP contribution is -2.25. The SMILES string of the molecule is CCNCc1cccnc1N(CC)Cc1ccncc1. The van der Waals surface area contributed by atoms with Crippen molar-refractivity contribution < 1.29 is 0 Å². The topological polar surface area (TPSA) is 41.1 Å². The molecule has 0 atom stereocenters. The van der Waals surface area contributed by atoms with E-state index in [2.05, 4.69) is 52.2 Å². The predicted molar refractivity (Wildman–Crippen MR) is 82.6 cm³/mol. The Labute approximate surface area is 120 Å². The Morgan fingerprint density at radius 1 is 1.10 bits per heavy atom. The average molecular weight is 270 g/mol. The standard InChI is InChI=1S/C16H22N4/c1-3-17-12-15-6-5-9-19-16(15)20(4-2)13-14-7-10-18-11-8-14/h5-11,17H,3-4,12-13H2,1-2H3. The van der Waals surface area contributed by atoms with E-state index in [9.17, 15) is 0 Å². The Morgan fingerprint density at radius 2 is 1.90 bits per heavy atom. The van der Waals surface area contributed by atoms with Crippen molar-refractivity contribution in [3.05, 3.63) is 54.0 Å². The van der Waals surface area contributed by atoms with Crippen molar-refractivity contribution in [1.29, 1.82) is 0 Å². The first-order valence-corrected chi connectivity index (χ1v) is 7.13. The molecule has 1 N–H and O–H groups in total. The van der Waals surface area contributed by atoms with Crippen molar-refractivity contribution >= 4 is 5.82 Å². The van der Waals surface area contributed by atoms with Crippen molar-refractivity contribution in [3.8, 4) is 0 Å². The molecular formula is C16H22N4. The summed E-state index contributed by atoms with van der Waals surface area (Å²) in [5.74, 6) is 1.06. The van der Waals surface area contributed by atoms with Gasteiger partial charge >= 0.3 is 0 Å². The molecule has 0 bridgehead atoms. The van der Waals surface area contributed by atoms with Crippen LogP contribution in [0.1, 0.15) is 25.0 Å². The predicted octanol–water partition coefficient (Wildman–Crippen LogP) is 2.61. The molecule has 20 heavy (non-hydrogen) atoms. The molecule has 106 valence electrons. The van der Waals surface area contributed by atoms with Crippen LogP contribution in [0.5, 0.6) is 0 Å². The van der Waals surface area contributed by atoms with E-state index in [1.807, 2.05) is 24.7 Å². The van der Waals surface area contributed by atoms with Gasteiger partial charge in [0.15, 0.2) is 0 Å². The number of anilines is 1. The highest BCUT2D eigenvalue weighted by Crippen LogP contribution is 2.19. The summed E-state index contributed by atoms with van der Waals surface area (Å²) in [6.45, 7) is 7.88. The molecule has 2 aromatic heterocycles. The molecule has 0 amide bonds. The van der Waals surface area contributed by atoms with Crippen LogP contribution >= 0.6 is 0 Å². The summed E-state index contributed by atoms with van der Waals surface area (Å²) in [6.07, 6.45) is 5.53. The van der Waals surface area contributed by atoms with Gasteiger partial charge in [0.1, 0.15) is 5.82 Å². The largest absolute Gasteiger partial charge is 0.352 e. The third kappa shape index (κ3) is 3.78. The van der Waals surface area contributed by atoms with Gasteiger partial charge < -0.3 is 10.2 Å². The molecule has 0 unspecified atom stereocenters. The third-order valence-electron chi connectivity index (χ3n) is 3.24. The van der Waals surface area contributed by atoms with Gasteiger partial charge in [-0.2, -0.15) is 0 Å². The summed E-state index contributed by atoms with van der Waals surface area (Å²) in [5, 5.41) is 3.37. The van der Waals surface area contributed by atoms with Crippen molar-refractivity contribution in [3.63, 3.8) is 0 Å². The van der Waals surface area contributed by atoms with Gasteiger partial charge in [0.05, 0.1) is 0 Å². The van der Waals surface area contributed by atoms with Crippen LogP contribution in [-0.4, -0.2) is 23.1 Å². The maximum atomic E-state index is 4.57. The highest BCUT2D eigenvalue weighted by molar-refractivity contribution is 5.47. The van der Waals surface area contributed by atoms with Crippen LogP contribution in [0.3, 0.4) is 0 Å². The minimum absolute atomic E-state index is 0.854. The first-order valence-electron chi connectivity index (χ1n) is 7.13. The minimum Gasteiger partial charge on any atom is -0.352 e. The molecule has 0 spiro atoms. The van der Waals surface area contributed by atoms with Crippen LogP contribution in [-0.2, 0) is 13.1 Å². The number of rotatable bonds is 7. The molecular weight excluding hydrogens is 248 g/mol. The monoisotopic (exact) mass is 270 g/mol. The zero-order valence-electron chi connectivity index (χ0n) is 12.2. The summed E-state index contributed by atoms with van der Waals surface area (Å²) < 4.78 is 0. The first kappa shape index (κ1) is 14.5. The normalized spacial score (nSPS) is 10.5. The number of aromatic nitrogens is 2. The highest BCUT2D eigenvalue weighted by atomic mass is 15.2.